The van der Waals surface area contributed by atoms with Crippen LogP contribution in [0.1, 0.15) is 5.56 Å². The number of aromatic nitrogens is 1. The van der Waals surface area contributed by atoms with Crippen molar-refractivity contribution in [1.29, 1.82) is 0 Å². The van der Waals surface area contributed by atoms with Gasteiger partial charge in [-0.05, 0) is 6.07 Å². The largest absolute Gasteiger partial charge is 0.375 e. The first-order valence-electron chi connectivity index (χ1n) is 5.02. The number of rotatable bonds is 4. The smallest absolute Gasteiger partial charge is 0.0757 e. The maximum atomic E-state index is 5.41. The topological polar surface area (TPSA) is 48.1 Å². The summed E-state index contributed by atoms with van der Waals surface area (Å²) in [4.78, 5) is 4.35. The number of hydrogen-bond acceptors (Lipinski definition) is 3. The highest BCUT2D eigenvalue weighted by atomic mass is 16.5. The first kappa shape index (κ1) is 10.1. The molecule has 0 radical (unpaired) electrons. The molecule has 0 fully saturated rings. The Kier molecular flexibility index (Phi) is 3.27. The van der Waals surface area contributed by atoms with Gasteiger partial charge in [0.25, 0.3) is 0 Å². The number of ether oxygens (including phenoxy) is 1. The number of pyridine rings is 1. The molecule has 2 aromatic rings. The second kappa shape index (κ2) is 4.87. The van der Waals surface area contributed by atoms with Crippen molar-refractivity contribution < 1.29 is 4.74 Å². The Balaban J connectivity index is 2.26. The molecule has 15 heavy (non-hydrogen) atoms. The van der Waals surface area contributed by atoms with Crippen molar-refractivity contribution in [3.05, 3.63) is 42.1 Å². The van der Waals surface area contributed by atoms with Crippen molar-refractivity contribution in [2.24, 2.45) is 5.73 Å². The summed E-state index contributed by atoms with van der Waals surface area (Å²) in [5, 5.41) is 1.14. The summed E-state index contributed by atoms with van der Waals surface area (Å²) < 4.78 is 5.41. The highest BCUT2D eigenvalue weighted by Gasteiger charge is 2.00. The summed E-state index contributed by atoms with van der Waals surface area (Å²) in [7, 11) is 0. The van der Waals surface area contributed by atoms with Gasteiger partial charge in [0.15, 0.2) is 0 Å². The van der Waals surface area contributed by atoms with Crippen molar-refractivity contribution >= 4 is 10.9 Å². The van der Waals surface area contributed by atoms with Crippen molar-refractivity contribution in [3.63, 3.8) is 0 Å². The van der Waals surface area contributed by atoms with E-state index < -0.39 is 0 Å². The second-order valence-electron chi connectivity index (χ2n) is 3.33. The van der Waals surface area contributed by atoms with Crippen molar-refractivity contribution in [1.82, 2.24) is 4.98 Å². The van der Waals surface area contributed by atoms with E-state index in [9.17, 15) is 0 Å². The Bertz CT molecular complexity index is 437. The number of para-hydroxylation sites is 1. The van der Waals surface area contributed by atoms with Gasteiger partial charge in [-0.3, -0.25) is 4.98 Å². The van der Waals surface area contributed by atoms with Gasteiger partial charge in [0.05, 0.1) is 18.7 Å². The minimum atomic E-state index is 0.554. The van der Waals surface area contributed by atoms with Gasteiger partial charge in [-0.2, -0.15) is 0 Å². The average molecular weight is 202 g/mol. The summed E-state index contributed by atoms with van der Waals surface area (Å²) in [6, 6.07) is 10.1. The minimum Gasteiger partial charge on any atom is -0.375 e. The van der Waals surface area contributed by atoms with Gasteiger partial charge in [-0.15, -0.1) is 0 Å². The third kappa shape index (κ3) is 2.32. The van der Waals surface area contributed by atoms with E-state index in [0.717, 1.165) is 16.5 Å². The van der Waals surface area contributed by atoms with E-state index in [-0.39, 0.29) is 0 Å². The third-order valence-electron chi connectivity index (χ3n) is 2.24. The van der Waals surface area contributed by atoms with Crippen LogP contribution in [0.2, 0.25) is 0 Å². The lowest BCUT2D eigenvalue weighted by atomic mass is 10.1. The number of benzene rings is 1. The zero-order valence-corrected chi connectivity index (χ0v) is 8.52. The van der Waals surface area contributed by atoms with Gasteiger partial charge < -0.3 is 10.5 Å². The molecule has 3 heteroatoms. The molecule has 3 nitrogen and oxygen atoms in total. The number of fused-ring (bicyclic) bond motifs is 1. The van der Waals surface area contributed by atoms with E-state index in [4.69, 9.17) is 10.5 Å². The number of nitrogens with two attached hydrogens (primary N) is 1. The highest BCUT2D eigenvalue weighted by Crippen LogP contribution is 2.16. The van der Waals surface area contributed by atoms with E-state index >= 15 is 0 Å². The molecular formula is C12H14N2O. The predicted molar refractivity (Wildman–Crippen MR) is 60.5 cm³/mol. The standard InChI is InChI=1S/C12H14N2O/c13-6-8-15-9-11-4-1-3-10-5-2-7-14-12(10)11/h1-5,7H,6,8-9,13H2. The van der Waals surface area contributed by atoms with Crippen molar-refractivity contribution in [2.45, 2.75) is 6.61 Å². The van der Waals surface area contributed by atoms with Crippen LogP contribution in [-0.4, -0.2) is 18.1 Å². The zero-order chi connectivity index (χ0) is 10.5. The van der Waals surface area contributed by atoms with Crippen LogP contribution in [0.15, 0.2) is 36.5 Å². The van der Waals surface area contributed by atoms with Crippen molar-refractivity contribution in [2.75, 3.05) is 13.2 Å². The molecule has 1 aromatic carbocycles. The molecular weight excluding hydrogens is 188 g/mol. The van der Waals surface area contributed by atoms with Gasteiger partial charge in [0.1, 0.15) is 0 Å². The van der Waals surface area contributed by atoms with Crippen LogP contribution < -0.4 is 5.73 Å². The summed E-state index contributed by atoms with van der Waals surface area (Å²) in [6.45, 7) is 1.72. The summed E-state index contributed by atoms with van der Waals surface area (Å²) in [6.07, 6.45) is 1.80. The molecule has 0 atom stereocenters. The minimum absolute atomic E-state index is 0.554. The average Bonchev–Trinajstić information content (AvgIpc) is 2.30. The van der Waals surface area contributed by atoms with E-state index in [0.29, 0.717) is 19.8 Å². The predicted octanol–water partition coefficient (Wildman–Crippen LogP) is 1.71. The summed E-state index contributed by atoms with van der Waals surface area (Å²) >= 11 is 0. The first-order valence-corrected chi connectivity index (χ1v) is 5.02. The third-order valence-corrected chi connectivity index (χ3v) is 2.24. The molecule has 0 saturated carbocycles. The fourth-order valence-electron chi connectivity index (χ4n) is 1.55. The fraction of sp³-hybridized carbons (Fsp3) is 0.250. The van der Waals surface area contributed by atoms with Crippen LogP contribution in [0.5, 0.6) is 0 Å². The SMILES string of the molecule is NCCOCc1cccc2cccnc12. The Morgan fingerprint density at radius 1 is 1.20 bits per heavy atom. The molecule has 0 unspecified atom stereocenters. The van der Waals surface area contributed by atoms with E-state index in [1.165, 1.54) is 0 Å². The van der Waals surface area contributed by atoms with Crippen LogP contribution in [-0.2, 0) is 11.3 Å². The normalized spacial score (nSPS) is 10.7. The Morgan fingerprint density at radius 3 is 2.93 bits per heavy atom. The van der Waals surface area contributed by atoms with Gasteiger partial charge in [-0.1, -0.05) is 24.3 Å². The Hall–Kier alpha value is -1.45. The molecule has 78 valence electrons. The van der Waals surface area contributed by atoms with Crippen LogP contribution in [0.3, 0.4) is 0 Å². The zero-order valence-electron chi connectivity index (χ0n) is 8.52. The molecule has 0 bridgehead atoms. The van der Waals surface area contributed by atoms with Gasteiger partial charge in [0, 0.05) is 23.7 Å². The quantitative estimate of drug-likeness (QED) is 0.768. The summed E-state index contributed by atoms with van der Waals surface area (Å²) in [5.41, 5.74) is 7.49. The lowest BCUT2D eigenvalue weighted by Gasteiger charge is -2.05. The molecule has 0 aliphatic heterocycles. The molecule has 0 spiro atoms. The molecule has 2 rings (SSSR count). The molecule has 0 amide bonds. The number of hydrogen-bond donors (Lipinski definition) is 1. The van der Waals surface area contributed by atoms with Gasteiger partial charge in [-0.25, -0.2) is 0 Å². The van der Waals surface area contributed by atoms with E-state index in [2.05, 4.69) is 17.1 Å². The van der Waals surface area contributed by atoms with Crippen LogP contribution in [0.4, 0.5) is 0 Å². The highest BCUT2D eigenvalue weighted by molar-refractivity contribution is 5.81. The van der Waals surface area contributed by atoms with E-state index in [1.54, 1.807) is 6.20 Å². The molecule has 0 aliphatic rings. The molecule has 1 aromatic heterocycles. The lowest BCUT2D eigenvalue weighted by Crippen LogP contribution is -2.08. The molecule has 0 saturated heterocycles. The van der Waals surface area contributed by atoms with Crippen LogP contribution >= 0.6 is 0 Å². The molecule has 1 heterocycles. The first-order chi connectivity index (χ1) is 7.42. The Labute approximate surface area is 88.9 Å². The maximum absolute atomic E-state index is 5.41. The number of nitrogens with zero attached hydrogens (tertiary/aromatic N) is 1. The van der Waals surface area contributed by atoms with E-state index in [1.807, 2.05) is 18.2 Å². The van der Waals surface area contributed by atoms with Gasteiger partial charge >= 0.3 is 0 Å². The van der Waals surface area contributed by atoms with Crippen LogP contribution in [0, 0.1) is 0 Å². The lowest BCUT2D eigenvalue weighted by molar-refractivity contribution is 0.129. The Morgan fingerprint density at radius 2 is 2.07 bits per heavy atom. The molecule has 0 aliphatic carbocycles. The fourth-order valence-corrected chi connectivity index (χ4v) is 1.55. The van der Waals surface area contributed by atoms with Gasteiger partial charge in [0.2, 0.25) is 0 Å². The maximum Gasteiger partial charge on any atom is 0.0757 e. The summed E-state index contributed by atoms with van der Waals surface area (Å²) in [5.74, 6) is 0. The monoisotopic (exact) mass is 202 g/mol. The van der Waals surface area contributed by atoms with Crippen LogP contribution in [0.25, 0.3) is 10.9 Å². The van der Waals surface area contributed by atoms with Crippen molar-refractivity contribution in [3.8, 4) is 0 Å². The second-order valence-corrected chi connectivity index (χ2v) is 3.33. The molecule has 2 N–H and O–H groups in total.